The van der Waals surface area contributed by atoms with Crippen molar-refractivity contribution in [2.75, 3.05) is 39.8 Å². The van der Waals surface area contributed by atoms with Crippen LogP contribution in [0.1, 0.15) is 29.3 Å². The van der Waals surface area contributed by atoms with Crippen molar-refractivity contribution < 1.29 is 33.3 Å². The van der Waals surface area contributed by atoms with Gasteiger partial charge in [-0.1, -0.05) is 30.3 Å². The van der Waals surface area contributed by atoms with Crippen LogP contribution in [-0.4, -0.2) is 58.2 Å². The van der Waals surface area contributed by atoms with Gasteiger partial charge in [-0.3, -0.25) is 14.4 Å². The zero-order valence-electron chi connectivity index (χ0n) is 23.1. The molecule has 0 saturated carbocycles. The van der Waals surface area contributed by atoms with E-state index in [4.69, 9.17) is 18.9 Å². The van der Waals surface area contributed by atoms with Crippen molar-refractivity contribution in [3.8, 4) is 23.0 Å². The van der Waals surface area contributed by atoms with E-state index in [0.717, 1.165) is 5.56 Å². The summed E-state index contributed by atoms with van der Waals surface area (Å²) >= 11 is 0. The number of methoxy groups -OCH3 is 3. The van der Waals surface area contributed by atoms with Crippen molar-refractivity contribution in [2.45, 2.75) is 25.8 Å². The summed E-state index contributed by atoms with van der Waals surface area (Å²) in [7, 11) is 4.39. The van der Waals surface area contributed by atoms with Crippen molar-refractivity contribution in [3.05, 3.63) is 77.9 Å². The second kappa shape index (κ2) is 15.0. The standard InChI is InChI=1S/C30H35N3O7/c1-5-40-23-13-11-22(12-14-23)32-30(36)24(17-20-9-7-6-8-10-20)33-27(34)15-16-31-29(35)21-18-25(37-2)28(39-4)26(19-21)38-3/h6-14,18-19,24H,5,15-17H2,1-4H3,(H,31,35)(H,32,36)(H,33,34)/t24-/m0/s1. The van der Waals surface area contributed by atoms with Crippen LogP contribution in [0.3, 0.4) is 0 Å². The lowest BCUT2D eigenvalue weighted by Gasteiger charge is -2.19. The van der Waals surface area contributed by atoms with Gasteiger partial charge in [0.25, 0.3) is 5.91 Å². The van der Waals surface area contributed by atoms with Gasteiger partial charge in [0, 0.05) is 30.6 Å². The number of rotatable bonds is 14. The van der Waals surface area contributed by atoms with Gasteiger partial charge < -0.3 is 34.9 Å². The quantitative estimate of drug-likeness (QED) is 0.281. The highest BCUT2D eigenvalue weighted by molar-refractivity contribution is 5.98. The van der Waals surface area contributed by atoms with Gasteiger partial charge >= 0.3 is 0 Å². The third kappa shape index (κ3) is 8.39. The third-order valence-corrected chi connectivity index (χ3v) is 5.93. The zero-order valence-corrected chi connectivity index (χ0v) is 23.1. The van der Waals surface area contributed by atoms with Gasteiger partial charge in [-0.15, -0.1) is 0 Å². The molecule has 0 saturated heterocycles. The van der Waals surface area contributed by atoms with Crippen LogP contribution in [0, 0.1) is 0 Å². The molecule has 10 heteroatoms. The molecule has 0 aliphatic rings. The number of carbonyl (C=O) groups is 3. The van der Waals surface area contributed by atoms with Crippen molar-refractivity contribution in [3.63, 3.8) is 0 Å². The Morgan fingerprint density at radius 3 is 2.08 bits per heavy atom. The van der Waals surface area contributed by atoms with E-state index in [9.17, 15) is 14.4 Å². The molecule has 0 spiro atoms. The number of anilines is 1. The molecule has 212 valence electrons. The van der Waals surface area contributed by atoms with E-state index in [1.807, 2.05) is 37.3 Å². The highest BCUT2D eigenvalue weighted by Gasteiger charge is 2.22. The fourth-order valence-corrected chi connectivity index (χ4v) is 3.96. The Hall–Kier alpha value is -4.73. The van der Waals surface area contributed by atoms with Crippen LogP contribution in [-0.2, 0) is 16.0 Å². The van der Waals surface area contributed by atoms with E-state index in [1.165, 1.54) is 33.5 Å². The molecule has 0 bridgehead atoms. The molecule has 40 heavy (non-hydrogen) atoms. The molecule has 0 radical (unpaired) electrons. The van der Waals surface area contributed by atoms with Crippen LogP contribution >= 0.6 is 0 Å². The highest BCUT2D eigenvalue weighted by atomic mass is 16.5. The summed E-state index contributed by atoms with van der Waals surface area (Å²) in [5, 5.41) is 8.36. The second-order valence-corrected chi connectivity index (χ2v) is 8.68. The van der Waals surface area contributed by atoms with E-state index in [2.05, 4.69) is 16.0 Å². The summed E-state index contributed by atoms with van der Waals surface area (Å²) in [6, 6.07) is 18.6. The molecular formula is C30H35N3O7. The molecule has 1 atom stereocenters. The Balaban J connectivity index is 1.62. The van der Waals surface area contributed by atoms with Gasteiger partial charge in [0.2, 0.25) is 17.6 Å². The molecule has 0 aromatic heterocycles. The van der Waals surface area contributed by atoms with Crippen LogP contribution in [0.5, 0.6) is 23.0 Å². The molecule has 0 aliphatic heterocycles. The number of amides is 3. The topological polar surface area (TPSA) is 124 Å². The summed E-state index contributed by atoms with van der Waals surface area (Å²) < 4.78 is 21.3. The molecule has 0 unspecified atom stereocenters. The maximum Gasteiger partial charge on any atom is 0.251 e. The summed E-state index contributed by atoms with van der Waals surface area (Å²) in [6.07, 6.45) is 0.269. The predicted molar refractivity (Wildman–Crippen MR) is 151 cm³/mol. The van der Waals surface area contributed by atoms with E-state index in [-0.39, 0.29) is 30.3 Å². The molecule has 10 nitrogen and oxygen atoms in total. The van der Waals surface area contributed by atoms with Gasteiger partial charge in [-0.05, 0) is 48.9 Å². The first-order valence-corrected chi connectivity index (χ1v) is 12.8. The lowest BCUT2D eigenvalue weighted by Crippen LogP contribution is -2.46. The zero-order chi connectivity index (χ0) is 28.9. The Morgan fingerprint density at radius 2 is 1.50 bits per heavy atom. The number of nitrogens with one attached hydrogen (secondary N) is 3. The van der Waals surface area contributed by atoms with Gasteiger partial charge in [0.05, 0.1) is 27.9 Å². The number of benzene rings is 3. The van der Waals surface area contributed by atoms with Crippen molar-refractivity contribution in [1.29, 1.82) is 0 Å². The molecule has 3 aromatic carbocycles. The van der Waals surface area contributed by atoms with E-state index < -0.39 is 11.9 Å². The van der Waals surface area contributed by atoms with Gasteiger partial charge in [0.15, 0.2) is 11.5 Å². The van der Waals surface area contributed by atoms with Crippen LogP contribution in [0.2, 0.25) is 0 Å². The molecule has 0 heterocycles. The number of ether oxygens (including phenoxy) is 4. The minimum atomic E-state index is -0.827. The van der Waals surface area contributed by atoms with Crippen LogP contribution in [0.4, 0.5) is 5.69 Å². The van der Waals surface area contributed by atoms with Crippen molar-refractivity contribution >= 4 is 23.4 Å². The fourth-order valence-electron chi connectivity index (χ4n) is 3.96. The summed E-state index contributed by atoms with van der Waals surface area (Å²) in [6.45, 7) is 2.49. The molecule has 3 amide bonds. The SMILES string of the molecule is CCOc1ccc(NC(=O)[C@H](Cc2ccccc2)NC(=O)CCNC(=O)c2cc(OC)c(OC)c(OC)c2)cc1. The smallest absolute Gasteiger partial charge is 0.251 e. The van der Waals surface area contributed by atoms with E-state index in [1.54, 1.807) is 24.3 Å². The Labute approximate surface area is 234 Å². The summed E-state index contributed by atoms with van der Waals surface area (Å²) in [5.41, 5.74) is 1.76. The summed E-state index contributed by atoms with van der Waals surface area (Å²) in [5.74, 6) is 0.591. The van der Waals surface area contributed by atoms with Gasteiger partial charge in [-0.2, -0.15) is 0 Å². The second-order valence-electron chi connectivity index (χ2n) is 8.68. The predicted octanol–water partition coefficient (Wildman–Crippen LogP) is 3.60. The third-order valence-electron chi connectivity index (χ3n) is 5.93. The average molecular weight is 550 g/mol. The normalized spacial score (nSPS) is 11.1. The van der Waals surface area contributed by atoms with Gasteiger partial charge in [0.1, 0.15) is 11.8 Å². The fraction of sp³-hybridized carbons (Fsp3) is 0.300. The van der Waals surface area contributed by atoms with Crippen molar-refractivity contribution in [1.82, 2.24) is 10.6 Å². The monoisotopic (exact) mass is 549 g/mol. The number of carbonyl (C=O) groups excluding carboxylic acids is 3. The Morgan fingerprint density at radius 1 is 0.850 bits per heavy atom. The largest absolute Gasteiger partial charge is 0.494 e. The maximum atomic E-state index is 13.1. The molecule has 0 fully saturated rings. The first-order valence-electron chi connectivity index (χ1n) is 12.8. The Kier molecular flexibility index (Phi) is 11.2. The molecular weight excluding hydrogens is 514 g/mol. The molecule has 3 rings (SSSR count). The first kappa shape index (κ1) is 29.8. The minimum Gasteiger partial charge on any atom is -0.494 e. The van der Waals surface area contributed by atoms with Crippen LogP contribution in [0.15, 0.2) is 66.7 Å². The van der Waals surface area contributed by atoms with E-state index in [0.29, 0.717) is 41.7 Å². The number of hydrogen-bond donors (Lipinski definition) is 3. The molecule has 0 aliphatic carbocycles. The van der Waals surface area contributed by atoms with Gasteiger partial charge in [-0.25, -0.2) is 0 Å². The Bertz CT molecular complexity index is 1260. The molecule has 3 aromatic rings. The highest BCUT2D eigenvalue weighted by Crippen LogP contribution is 2.38. The van der Waals surface area contributed by atoms with Crippen molar-refractivity contribution in [2.24, 2.45) is 0 Å². The van der Waals surface area contributed by atoms with E-state index >= 15 is 0 Å². The molecule has 3 N–H and O–H groups in total. The average Bonchev–Trinajstić information content (AvgIpc) is 2.97. The lowest BCUT2D eigenvalue weighted by atomic mass is 10.0. The first-order chi connectivity index (χ1) is 19.4. The van der Waals surface area contributed by atoms with Crippen LogP contribution in [0.25, 0.3) is 0 Å². The van der Waals surface area contributed by atoms with Crippen LogP contribution < -0.4 is 34.9 Å². The maximum absolute atomic E-state index is 13.1. The lowest BCUT2D eigenvalue weighted by molar-refractivity contribution is -0.126. The number of hydrogen-bond acceptors (Lipinski definition) is 7. The minimum absolute atomic E-state index is 0.0300. The summed E-state index contributed by atoms with van der Waals surface area (Å²) in [4.78, 5) is 38.7.